The van der Waals surface area contributed by atoms with Crippen LogP contribution >= 0.6 is 0 Å². The van der Waals surface area contributed by atoms with Gasteiger partial charge in [-0.25, -0.2) is 0 Å². The molecule has 0 amide bonds. The molecule has 474 valence electrons. The third-order valence-electron chi connectivity index (χ3n) is 17.0. The zero-order chi connectivity index (χ0) is 57.8. The highest BCUT2D eigenvalue weighted by atomic mass is 16.6. The Hall–Kier alpha value is -1.85. The summed E-state index contributed by atoms with van der Waals surface area (Å²) < 4.78 is 16.9. The Balaban J connectivity index is 4.02. The van der Waals surface area contributed by atoms with Crippen molar-refractivity contribution in [3.05, 3.63) is 12.2 Å². The molecule has 0 rings (SSSR count). The van der Waals surface area contributed by atoms with E-state index in [1.807, 2.05) is 0 Å². The van der Waals surface area contributed by atoms with E-state index in [0.717, 1.165) is 57.8 Å². The second-order valence-corrected chi connectivity index (χ2v) is 25.2. The Morgan fingerprint density at radius 3 is 0.625 bits per heavy atom. The molecule has 0 fully saturated rings. The first kappa shape index (κ1) is 78.1. The van der Waals surface area contributed by atoms with Gasteiger partial charge in [-0.2, -0.15) is 0 Å². The SMILES string of the molecule is CCCCCCCCCC/C=C\CCCCCCCCCCCCCCCCCC(=O)OCC(COC(=O)CCCCCCCCCC)OC(=O)CCCCCCCCCCCCCCCCCCCCCCCCCCCCC. The maximum Gasteiger partial charge on any atom is 0.306 e. The van der Waals surface area contributed by atoms with Crippen LogP contribution in [0.15, 0.2) is 12.2 Å². The predicted octanol–water partition coefficient (Wildman–Crippen LogP) is 25.2. The van der Waals surface area contributed by atoms with Gasteiger partial charge < -0.3 is 14.2 Å². The molecule has 0 aliphatic rings. The summed E-state index contributed by atoms with van der Waals surface area (Å²) in [4.78, 5) is 38.3. The lowest BCUT2D eigenvalue weighted by molar-refractivity contribution is -0.167. The van der Waals surface area contributed by atoms with Crippen LogP contribution in [0.3, 0.4) is 0 Å². The van der Waals surface area contributed by atoms with Gasteiger partial charge in [-0.3, -0.25) is 14.4 Å². The van der Waals surface area contributed by atoms with Gasteiger partial charge in [-0.05, 0) is 44.9 Å². The van der Waals surface area contributed by atoms with Crippen molar-refractivity contribution >= 4 is 17.9 Å². The van der Waals surface area contributed by atoms with E-state index in [0.29, 0.717) is 19.3 Å². The molecule has 0 heterocycles. The van der Waals surface area contributed by atoms with Gasteiger partial charge in [-0.1, -0.05) is 373 Å². The minimum atomic E-state index is -0.764. The van der Waals surface area contributed by atoms with Gasteiger partial charge >= 0.3 is 17.9 Å². The van der Waals surface area contributed by atoms with Crippen molar-refractivity contribution in [3.63, 3.8) is 0 Å². The summed E-state index contributed by atoms with van der Waals surface area (Å²) >= 11 is 0. The lowest BCUT2D eigenvalue weighted by Gasteiger charge is -2.18. The van der Waals surface area contributed by atoms with Gasteiger partial charge in [0.15, 0.2) is 6.10 Å². The van der Waals surface area contributed by atoms with Crippen LogP contribution in [0, 0.1) is 0 Å². The summed E-state index contributed by atoms with van der Waals surface area (Å²) in [5, 5.41) is 0. The fourth-order valence-corrected chi connectivity index (χ4v) is 11.5. The van der Waals surface area contributed by atoms with E-state index in [9.17, 15) is 14.4 Å². The van der Waals surface area contributed by atoms with E-state index in [4.69, 9.17) is 14.2 Å². The molecular formula is C74H142O6. The molecule has 0 saturated carbocycles. The third kappa shape index (κ3) is 66.9. The standard InChI is InChI=1S/C74H142O6/c1-4-7-10-13-16-19-21-23-25-27-29-31-33-35-37-39-41-43-45-47-49-51-53-55-58-61-64-67-73(76)79-70-71(69-78-72(75)66-63-60-57-18-15-12-9-6-3)80-74(77)68-65-62-59-56-54-52-50-48-46-44-42-40-38-36-34-32-30-28-26-24-22-20-17-14-11-8-5-2/h27,29,71H,4-26,28,30-70H2,1-3H3/b29-27-. The molecule has 80 heavy (non-hydrogen) atoms. The molecule has 0 bridgehead atoms. The quantitative estimate of drug-likeness (QED) is 0.0261. The molecule has 0 saturated heterocycles. The molecular weight excluding hydrogens is 985 g/mol. The lowest BCUT2D eigenvalue weighted by atomic mass is 10.0. The van der Waals surface area contributed by atoms with Gasteiger partial charge in [-0.15, -0.1) is 0 Å². The van der Waals surface area contributed by atoms with Crippen LogP contribution in [0.5, 0.6) is 0 Å². The number of hydrogen-bond donors (Lipinski definition) is 0. The summed E-state index contributed by atoms with van der Waals surface area (Å²) in [6.45, 7) is 6.70. The second kappa shape index (κ2) is 69.6. The molecule has 0 aliphatic carbocycles. The highest BCUT2D eigenvalue weighted by Gasteiger charge is 2.20. The summed E-state index contributed by atoms with van der Waals surface area (Å²) in [6, 6.07) is 0. The monoisotopic (exact) mass is 1130 g/mol. The highest BCUT2D eigenvalue weighted by molar-refractivity contribution is 5.71. The van der Waals surface area contributed by atoms with Gasteiger partial charge in [0.1, 0.15) is 13.2 Å². The van der Waals surface area contributed by atoms with E-state index >= 15 is 0 Å². The molecule has 0 spiro atoms. The fraction of sp³-hybridized carbons (Fsp3) is 0.932. The van der Waals surface area contributed by atoms with Crippen LogP contribution < -0.4 is 0 Å². The van der Waals surface area contributed by atoms with Crippen molar-refractivity contribution in [2.24, 2.45) is 0 Å². The molecule has 0 aromatic carbocycles. The van der Waals surface area contributed by atoms with Crippen molar-refractivity contribution in [3.8, 4) is 0 Å². The number of unbranched alkanes of at least 4 members (excludes halogenated alkanes) is 56. The number of carbonyl (C=O) groups is 3. The summed E-state index contributed by atoms with van der Waals surface area (Å²) in [6.07, 6.45) is 84.3. The van der Waals surface area contributed by atoms with Crippen molar-refractivity contribution in [1.82, 2.24) is 0 Å². The summed E-state index contributed by atoms with van der Waals surface area (Å²) in [5.41, 5.74) is 0. The Kier molecular flexibility index (Phi) is 68.0. The first-order valence-electron chi connectivity index (χ1n) is 36.7. The molecule has 0 aromatic rings. The normalized spacial score (nSPS) is 12.0. The molecule has 6 heteroatoms. The number of rotatable bonds is 69. The van der Waals surface area contributed by atoms with Gasteiger partial charge in [0.25, 0.3) is 0 Å². The van der Waals surface area contributed by atoms with Crippen molar-refractivity contribution in [2.75, 3.05) is 13.2 Å². The second-order valence-electron chi connectivity index (χ2n) is 25.2. The van der Waals surface area contributed by atoms with Crippen LogP contribution in [0.1, 0.15) is 425 Å². The lowest BCUT2D eigenvalue weighted by Crippen LogP contribution is -2.30. The molecule has 1 atom stereocenters. The van der Waals surface area contributed by atoms with Crippen molar-refractivity contribution < 1.29 is 28.6 Å². The van der Waals surface area contributed by atoms with Crippen LogP contribution in [-0.2, 0) is 28.6 Å². The van der Waals surface area contributed by atoms with Gasteiger partial charge in [0, 0.05) is 19.3 Å². The number of hydrogen-bond acceptors (Lipinski definition) is 6. The van der Waals surface area contributed by atoms with E-state index in [1.165, 1.54) is 327 Å². The Morgan fingerprint density at radius 2 is 0.412 bits per heavy atom. The molecule has 0 N–H and O–H groups in total. The van der Waals surface area contributed by atoms with Gasteiger partial charge in [0.05, 0.1) is 0 Å². The Bertz CT molecular complexity index is 1250. The average molecular weight is 1130 g/mol. The highest BCUT2D eigenvalue weighted by Crippen LogP contribution is 2.19. The zero-order valence-electron chi connectivity index (χ0n) is 54.6. The zero-order valence-corrected chi connectivity index (χ0v) is 54.6. The van der Waals surface area contributed by atoms with Crippen molar-refractivity contribution in [2.45, 2.75) is 431 Å². The molecule has 0 aromatic heterocycles. The molecule has 0 aliphatic heterocycles. The third-order valence-corrected chi connectivity index (χ3v) is 17.0. The van der Waals surface area contributed by atoms with E-state index in [-0.39, 0.29) is 31.1 Å². The Morgan fingerprint density at radius 1 is 0.237 bits per heavy atom. The number of carbonyl (C=O) groups excluding carboxylic acids is 3. The first-order chi connectivity index (χ1) is 39.5. The fourth-order valence-electron chi connectivity index (χ4n) is 11.5. The topological polar surface area (TPSA) is 78.9 Å². The number of allylic oxidation sites excluding steroid dienone is 2. The predicted molar refractivity (Wildman–Crippen MR) is 349 cm³/mol. The van der Waals surface area contributed by atoms with E-state index < -0.39 is 6.10 Å². The summed E-state index contributed by atoms with van der Waals surface area (Å²) in [5.74, 6) is -0.833. The van der Waals surface area contributed by atoms with Crippen LogP contribution in [0.2, 0.25) is 0 Å². The molecule has 1 unspecified atom stereocenters. The maximum absolute atomic E-state index is 12.9. The van der Waals surface area contributed by atoms with E-state index in [1.54, 1.807) is 0 Å². The minimum absolute atomic E-state index is 0.0630. The largest absolute Gasteiger partial charge is 0.462 e. The van der Waals surface area contributed by atoms with Crippen LogP contribution in [-0.4, -0.2) is 37.2 Å². The summed E-state index contributed by atoms with van der Waals surface area (Å²) in [7, 11) is 0. The molecule has 0 radical (unpaired) electrons. The van der Waals surface area contributed by atoms with Crippen LogP contribution in [0.25, 0.3) is 0 Å². The maximum atomic E-state index is 12.9. The average Bonchev–Trinajstić information content (AvgIpc) is 3.46. The van der Waals surface area contributed by atoms with Crippen LogP contribution in [0.4, 0.5) is 0 Å². The first-order valence-corrected chi connectivity index (χ1v) is 36.7. The Labute approximate surface area is 501 Å². The minimum Gasteiger partial charge on any atom is -0.462 e. The van der Waals surface area contributed by atoms with E-state index in [2.05, 4.69) is 32.9 Å². The van der Waals surface area contributed by atoms with Gasteiger partial charge in [0.2, 0.25) is 0 Å². The smallest absolute Gasteiger partial charge is 0.306 e. The molecule has 6 nitrogen and oxygen atoms in total. The number of esters is 3. The number of ether oxygens (including phenoxy) is 3. The van der Waals surface area contributed by atoms with Crippen molar-refractivity contribution in [1.29, 1.82) is 0 Å².